The van der Waals surface area contributed by atoms with Crippen LogP contribution in [0.15, 0.2) is 46.9 Å². The number of methoxy groups -OCH3 is 2. The van der Waals surface area contributed by atoms with Gasteiger partial charge in [-0.3, -0.25) is 10.1 Å². The molecule has 1 aromatic heterocycles. The summed E-state index contributed by atoms with van der Waals surface area (Å²) in [6.07, 6.45) is 0.177. The van der Waals surface area contributed by atoms with Crippen molar-refractivity contribution in [3.8, 4) is 28.7 Å². The monoisotopic (exact) mass is 383 g/mol. The Bertz CT molecular complexity index is 937. The molecule has 0 aliphatic carbocycles. The third-order valence-corrected chi connectivity index (χ3v) is 3.91. The molecule has 0 bridgehead atoms. The minimum atomic E-state index is -0.263. The van der Waals surface area contributed by atoms with Gasteiger partial charge in [-0.05, 0) is 36.8 Å². The molecule has 0 fully saturated rings. The normalized spacial score (nSPS) is 10.4. The third-order valence-electron chi connectivity index (χ3n) is 3.91. The molecule has 0 saturated carbocycles. The molecule has 1 amide bonds. The average molecular weight is 383 g/mol. The molecule has 28 heavy (non-hydrogen) atoms. The van der Waals surface area contributed by atoms with Gasteiger partial charge in [0, 0.05) is 6.07 Å². The average Bonchev–Trinajstić information content (AvgIpc) is 3.17. The molecule has 0 radical (unpaired) electrons. The van der Waals surface area contributed by atoms with E-state index in [9.17, 15) is 4.79 Å². The molecule has 3 aromatic rings. The molecule has 0 saturated heterocycles. The topological polar surface area (TPSA) is 95.7 Å². The highest BCUT2D eigenvalue weighted by Crippen LogP contribution is 2.33. The summed E-state index contributed by atoms with van der Waals surface area (Å²) in [4.78, 5) is 12.2. The number of amides is 1. The van der Waals surface area contributed by atoms with Crippen molar-refractivity contribution in [3.05, 3.63) is 48.0 Å². The lowest BCUT2D eigenvalue weighted by Crippen LogP contribution is -2.14. The molecule has 146 valence electrons. The summed E-state index contributed by atoms with van der Waals surface area (Å²) >= 11 is 0. The maximum atomic E-state index is 12.2. The SMILES string of the molecule is CCOc1ccc(CC(=O)Nc2nnc(-c3ccc(OC)cc3OC)o2)cc1. The Kier molecular flexibility index (Phi) is 6.11. The minimum absolute atomic E-state index is 0.0174. The van der Waals surface area contributed by atoms with Crippen molar-refractivity contribution in [2.45, 2.75) is 13.3 Å². The Morgan fingerprint density at radius 2 is 1.79 bits per heavy atom. The number of hydrogen-bond acceptors (Lipinski definition) is 7. The van der Waals surface area contributed by atoms with Crippen molar-refractivity contribution in [2.75, 3.05) is 26.1 Å². The number of benzene rings is 2. The van der Waals surface area contributed by atoms with E-state index in [-0.39, 0.29) is 24.2 Å². The molecule has 8 nitrogen and oxygen atoms in total. The van der Waals surface area contributed by atoms with E-state index in [0.29, 0.717) is 23.7 Å². The van der Waals surface area contributed by atoms with Crippen LogP contribution >= 0.6 is 0 Å². The van der Waals surface area contributed by atoms with E-state index >= 15 is 0 Å². The van der Waals surface area contributed by atoms with Crippen LogP contribution in [0.1, 0.15) is 12.5 Å². The van der Waals surface area contributed by atoms with Crippen molar-refractivity contribution in [2.24, 2.45) is 0 Å². The van der Waals surface area contributed by atoms with Crippen LogP contribution in [0.4, 0.5) is 6.01 Å². The van der Waals surface area contributed by atoms with Gasteiger partial charge in [0.05, 0.1) is 32.8 Å². The van der Waals surface area contributed by atoms with Gasteiger partial charge in [-0.25, -0.2) is 0 Å². The van der Waals surface area contributed by atoms with Gasteiger partial charge < -0.3 is 18.6 Å². The van der Waals surface area contributed by atoms with Crippen LogP contribution in [-0.4, -0.2) is 36.9 Å². The number of nitrogens with one attached hydrogen (secondary N) is 1. The first-order chi connectivity index (χ1) is 13.6. The highest BCUT2D eigenvalue weighted by Gasteiger charge is 2.16. The van der Waals surface area contributed by atoms with Crippen molar-refractivity contribution >= 4 is 11.9 Å². The third kappa shape index (κ3) is 4.59. The van der Waals surface area contributed by atoms with Gasteiger partial charge in [0.25, 0.3) is 5.89 Å². The van der Waals surface area contributed by atoms with Crippen molar-refractivity contribution < 1.29 is 23.4 Å². The standard InChI is InChI=1S/C20H21N3O5/c1-4-27-14-7-5-13(6-8-14)11-18(24)21-20-23-22-19(28-20)16-10-9-15(25-2)12-17(16)26-3/h5-10,12H,4,11H2,1-3H3,(H,21,23,24). The van der Waals surface area contributed by atoms with Gasteiger partial charge in [-0.15, -0.1) is 5.10 Å². The van der Waals surface area contributed by atoms with Crippen molar-refractivity contribution in [1.82, 2.24) is 10.2 Å². The lowest BCUT2D eigenvalue weighted by Gasteiger charge is -2.07. The van der Waals surface area contributed by atoms with Gasteiger partial charge in [0.15, 0.2) is 0 Å². The molecule has 0 unspecified atom stereocenters. The van der Waals surface area contributed by atoms with Crippen LogP contribution in [0.5, 0.6) is 17.2 Å². The van der Waals surface area contributed by atoms with Crippen LogP contribution < -0.4 is 19.5 Å². The van der Waals surface area contributed by atoms with Gasteiger partial charge in [0.1, 0.15) is 17.2 Å². The second-order valence-electron chi connectivity index (χ2n) is 5.78. The van der Waals surface area contributed by atoms with E-state index in [2.05, 4.69) is 15.5 Å². The lowest BCUT2D eigenvalue weighted by atomic mass is 10.1. The van der Waals surface area contributed by atoms with Gasteiger partial charge in [0.2, 0.25) is 5.91 Å². The molecule has 1 N–H and O–H groups in total. The summed E-state index contributed by atoms with van der Waals surface area (Å²) in [6.45, 7) is 2.51. The largest absolute Gasteiger partial charge is 0.497 e. The molecule has 1 heterocycles. The highest BCUT2D eigenvalue weighted by atomic mass is 16.5. The second-order valence-corrected chi connectivity index (χ2v) is 5.78. The highest BCUT2D eigenvalue weighted by molar-refractivity contribution is 5.90. The molecule has 0 aliphatic heterocycles. The molecule has 0 spiro atoms. The maximum Gasteiger partial charge on any atom is 0.322 e. The van der Waals surface area contributed by atoms with E-state index in [1.807, 2.05) is 31.2 Å². The maximum absolute atomic E-state index is 12.2. The summed E-state index contributed by atoms with van der Waals surface area (Å²) in [5.41, 5.74) is 1.44. The number of rotatable bonds is 8. The first-order valence-corrected chi connectivity index (χ1v) is 8.70. The number of aromatic nitrogens is 2. The predicted molar refractivity (Wildman–Crippen MR) is 103 cm³/mol. The number of nitrogens with zero attached hydrogens (tertiary/aromatic N) is 2. The van der Waals surface area contributed by atoms with Crippen LogP contribution in [0.3, 0.4) is 0 Å². The second kappa shape index (κ2) is 8.90. The summed E-state index contributed by atoms with van der Waals surface area (Å²) in [6, 6.07) is 12.6. The summed E-state index contributed by atoms with van der Waals surface area (Å²) in [7, 11) is 3.10. The zero-order chi connectivity index (χ0) is 19.9. The molecule has 3 rings (SSSR count). The number of hydrogen-bond donors (Lipinski definition) is 1. The Labute approximate surface area is 162 Å². The van der Waals surface area contributed by atoms with Gasteiger partial charge in [-0.2, -0.15) is 0 Å². The fourth-order valence-corrected chi connectivity index (χ4v) is 2.58. The zero-order valence-corrected chi connectivity index (χ0v) is 15.9. The van der Waals surface area contributed by atoms with E-state index in [1.54, 1.807) is 25.3 Å². The zero-order valence-electron chi connectivity index (χ0n) is 15.9. The number of carbonyl (C=O) groups is 1. The minimum Gasteiger partial charge on any atom is -0.497 e. The van der Waals surface area contributed by atoms with Crippen LogP contribution in [0, 0.1) is 0 Å². The molecule has 8 heteroatoms. The summed E-state index contributed by atoms with van der Waals surface area (Å²) < 4.78 is 21.4. The van der Waals surface area contributed by atoms with Crippen LogP contribution in [-0.2, 0) is 11.2 Å². The van der Waals surface area contributed by atoms with E-state index < -0.39 is 0 Å². The number of ether oxygens (including phenoxy) is 3. The summed E-state index contributed by atoms with van der Waals surface area (Å²) in [5, 5.41) is 10.5. The van der Waals surface area contributed by atoms with E-state index in [0.717, 1.165) is 11.3 Å². The molecule has 0 aliphatic rings. The van der Waals surface area contributed by atoms with Gasteiger partial charge in [-0.1, -0.05) is 17.2 Å². The van der Waals surface area contributed by atoms with E-state index in [4.69, 9.17) is 18.6 Å². The Balaban J connectivity index is 1.66. The van der Waals surface area contributed by atoms with Crippen LogP contribution in [0.2, 0.25) is 0 Å². The Morgan fingerprint density at radius 1 is 1.04 bits per heavy atom. The molecule has 0 atom stereocenters. The Morgan fingerprint density at radius 3 is 2.46 bits per heavy atom. The fraction of sp³-hybridized carbons (Fsp3) is 0.250. The molecular formula is C20H21N3O5. The first-order valence-electron chi connectivity index (χ1n) is 8.70. The molecular weight excluding hydrogens is 362 g/mol. The summed E-state index contributed by atoms with van der Waals surface area (Å²) in [5.74, 6) is 1.90. The van der Waals surface area contributed by atoms with E-state index in [1.165, 1.54) is 7.11 Å². The first kappa shape index (κ1) is 19.2. The smallest absolute Gasteiger partial charge is 0.322 e. The lowest BCUT2D eigenvalue weighted by molar-refractivity contribution is -0.115. The van der Waals surface area contributed by atoms with Gasteiger partial charge >= 0.3 is 6.01 Å². The number of carbonyl (C=O) groups excluding carboxylic acids is 1. The fourth-order valence-electron chi connectivity index (χ4n) is 2.58. The number of anilines is 1. The predicted octanol–water partition coefficient (Wildman–Crippen LogP) is 3.33. The quantitative estimate of drug-likeness (QED) is 0.637. The van der Waals surface area contributed by atoms with Crippen molar-refractivity contribution in [1.29, 1.82) is 0 Å². The van der Waals surface area contributed by atoms with Crippen LogP contribution in [0.25, 0.3) is 11.5 Å². The van der Waals surface area contributed by atoms with Crippen molar-refractivity contribution in [3.63, 3.8) is 0 Å². The Hall–Kier alpha value is -3.55. The molecule has 2 aromatic carbocycles.